The summed E-state index contributed by atoms with van der Waals surface area (Å²) in [5.41, 5.74) is 5.48. The number of methoxy groups -OCH3 is 1. The summed E-state index contributed by atoms with van der Waals surface area (Å²) in [4.78, 5) is 18.0. The van der Waals surface area contributed by atoms with Crippen LogP contribution in [0.2, 0.25) is 0 Å². The van der Waals surface area contributed by atoms with E-state index in [0.717, 1.165) is 40.1 Å². The number of rotatable bonds is 6. The molecule has 0 unspecified atom stereocenters. The Kier molecular flexibility index (Phi) is 4.78. The standard InChI is InChI=1S/C22H21N7O2/c1-13-16(14(2)29-22(24-13)17-7-5-11-23-21(17)27-29)9-10-20-26-18(28-31-20)12-15-6-4-8-19(25-15)30-3/h4-8,11H,9-10,12H2,1-3H3. The molecule has 9 heteroatoms. The van der Waals surface area contributed by atoms with Gasteiger partial charge in [-0.05, 0) is 44.0 Å². The van der Waals surface area contributed by atoms with E-state index in [2.05, 4.69) is 32.1 Å². The largest absolute Gasteiger partial charge is 0.481 e. The first-order valence-electron chi connectivity index (χ1n) is 10.0. The maximum atomic E-state index is 5.46. The summed E-state index contributed by atoms with van der Waals surface area (Å²) in [6.45, 7) is 4.07. The lowest BCUT2D eigenvalue weighted by atomic mass is 10.1. The summed E-state index contributed by atoms with van der Waals surface area (Å²) in [5, 5.41) is 9.66. The topological polar surface area (TPSA) is 104 Å². The number of fused-ring (bicyclic) bond motifs is 3. The fourth-order valence-corrected chi connectivity index (χ4v) is 3.75. The number of pyridine rings is 2. The van der Waals surface area contributed by atoms with Gasteiger partial charge in [0.25, 0.3) is 0 Å². The van der Waals surface area contributed by atoms with Gasteiger partial charge in [-0.1, -0.05) is 11.2 Å². The second-order valence-corrected chi connectivity index (χ2v) is 7.32. The van der Waals surface area contributed by atoms with E-state index >= 15 is 0 Å². The molecule has 31 heavy (non-hydrogen) atoms. The zero-order chi connectivity index (χ0) is 21.4. The Bertz CT molecular complexity index is 1390. The van der Waals surface area contributed by atoms with Crippen LogP contribution in [0.3, 0.4) is 0 Å². The summed E-state index contributed by atoms with van der Waals surface area (Å²) in [6, 6.07) is 9.51. The second-order valence-electron chi connectivity index (χ2n) is 7.32. The SMILES string of the molecule is COc1cccc(Cc2noc(CCc3c(C)nc4c5cccnc5nn4c3C)n2)n1. The third-order valence-corrected chi connectivity index (χ3v) is 5.32. The average molecular weight is 415 g/mol. The molecule has 5 rings (SSSR count). The number of aromatic nitrogens is 7. The predicted molar refractivity (Wildman–Crippen MR) is 113 cm³/mol. The molecule has 0 aliphatic rings. The summed E-state index contributed by atoms with van der Waals surface area (Å²) >= 11 is 0. The van der Waals surface area contributed by atoms with Gasteiger partial charge in [0.15, 0.2) is 17.1 Å². The van der Waals surface area contributed by atoms with Crippen LogP contribution in [-0.4, -0.2) is 41.8 Å². The lowest BCUT2D eigenvalue weighted by Gasteiger charge is -2.09. The quantitative estimate of drug-likeness (QED) is 0.417. The van der Waals surface area contributed by atoms with Crippen LogP contribution in [-0.2, 0) is 19.3 Å². The Morgan fingerprint density at radius 3 is 2.81 bits per heavy atom. The van der Waals surface area contributed by atoms with E-state index in [9.17, 15) is 0 Å². The van der Waals surface area contributed by atoms with E-state index < -0.39 is 0 Å². The zero-order valence-electron chi connectivity index (χ0n) is 17.5. The molecular formula is C22H21N7O2. The molecule has 0 amide bonds. The summed E-state index contributed by atoms with van der Waals surface area (Å²) in [7, 11) is 1.59. The molecule has 5 aromatic rings. The van der Waals surface area contributed by atoms with Crippen LogP contribution in [0.15, 0.2) is 41.1 Å². The van der Waals surface area contributed by atoms with Crippen molar-refractivity contribution in [3.8, 4) is 5.88 Å². The fraction of sp³-hybridized carbons (Fsp3) is 0.273. The Morgan fingerprint density at radius 1 is 1.03 bits per heavy atom. The molecule has 0 N–H and O–H groups in total. The summed E-state index contributed by atoms with van der Waals surface area (Å²) < 4.78 is 12.5. The van der Waals surface area contributed by atoms with Crippen LogP contribution in [0, 0.1) is 13.8 Å². The maximum absolute atomic E-state index is 5.46. The number of aryl methyl sites for hydroxylation is 3. The van der Waals surface area contributed by atoms with Gasteiger partial charge in [-0.2, -0.15) is 4.98 Å². The summed E-state index contributed by atoms with van der Waals surface area (Å²) in [5.74, 6) is 1.75. The van der Waals surface area contributed by atoms with Crippen LogP contribution in [0.4, 0.5) is 0 Å². The molecule has 0 atom stereocenters. The average Bonchev–Trinajstić information content (AvgIpc) is 3.38. The van der Waals surface area contributed by atoms with E-state index in [1.807, 2.05) is 35.7 Å². The highest BCUT2D eigenvalue weighted by molar-refractivity contribution is 5.89. The molecule has 0 saturated heterocycles. The van der Waals surface area contributed by atoms with Crippen molar-refractivity contribution in [3.63, 3.8) is 0 Å². The molecule has 156 valence electrons. The van der Waals surface area contributed by atoms with Crippen LogP contribution in [0.1, 0.15) is 34.4 Å². The van der Waals surface area contributed by atoms with Crippen molar-refractivity contribution in [2.75, 3.05) is 7.11 Å². The molecule has 0 aliphatic carbocycles. The normalized spacial score (nSPS) is 11.5. The number of hydrogen-bond donors (Lipinski definition) is 0. The van der Waals surface area contributed by atoms with E-state index in [0.29, 0.717) is 36.1 Å². The minimum atomic E-state index is 0.485. The van der Waals surface area contributed by atoms with Crippen molar-refractivity contribution < 1.29 is 9.26 Å². The summed E-state index contributed by atoms with van der Waals surface area (Å²) in [6.07, 6.45) is 3.57. The molecule has 0 fully saturated rings. The first-order valence-corrected chi connectivity index (χ1v) is 10.0. The van der Waals surface area contributed by atoms with Gasteiger partial charge in [0.1, 0.15) is 0 Å². The first kappa shape index (κ1) is 19.1. The minimum absolute atomic E-state index is 0.485. The van der Waals surface area contributed by atoms with Crippen LogP contribution >= 0.6 is 0 Å². The van der Waals surface area contributed by atoms with Gasteiger partial charge in [0.2, 0.25) is 11.8 Å². The van der Waals surface area contributed by atoms with Crippen molar-refractivity contribution in [2.24, 2.45) is 0 Å². The van der Waals surface area contributed by atoms with Crippen molar-refractivity contribution >= 4 is 16.7 Å². The van der Waals surface area contributed by atoms with Crippen LogP contribution in [0.25, 0.3) is 16.7 Å². The molecule has 0 aromatic carbocycles. The monoisotopic (exact) mass is 415 g/mol. The highest BCUT2D eigenvalue weighted by atomic mass is 16.5. The van der Waals surface area contributed by atoms with Gasteiger partial charge in [-0.3, -0.25) is 0 Å². The van der Waals surface area contributed by atoms with E-state index in [-0.39, 0.29) is 0 Å². The molecule has 0 bridgehead atoms. The third kappa shape index (κ3) is 3.58. The molecule has 5 aromatic heterocycles. The van der Waals surface area contributed by atoms with Crippen molar-refractivity contribution in [1.82, 2.24) is 34.7 Å². The second kappa shape index (κ2) is 7.75. The highest BCUT2D eigenvalue weighted by Gasteiger charge is 2.16. The number of hydrogen-bond acceptors (Lipinski definition) is 8. The van der Waals surface area contributed by atoms with E-state index in [1.165, 1.54) is 0 Å². The van der Waals surface area contributed by atoms with Crippen molar-refractivity contribution in [2.45, 2.75) is 33.1 Å². The number of nitrogens with zero attached hydrogens (tertiary/aromatic N) is 7. The van der Waals surface area contributed by atoms with Gasteiger partial charge in [0, 0.05) is 30.1 Å². The van der Waals surface area contributed by atoms with Gasteiger partial charge >= 0.3 is 0 Å². The van der Waals surface area contributed by atoms with Crippen molar-refractivity contribution in [3.05, 3.63) is 70.9 Å². The van der Waals surface area contributed by atoms with Crippen molar-refractivity contribution in [1.29, 1.82) is 0 Å². The number of ether oxygens (including phenoxy) is 1. The Balaban J connectivity index is 1.36. The molecule has 9 nitrogen and oxygen atoms in total. The Hall–Kier alpha value is -3.88. The maximum Gasteiger partial charge on any atom is 0.226 e. The molecular weight excluding hydrogens is 394 g/mol. The fourth-order valence-electron chi connectivity index (χ4n) is 3.75. The Morgan fingerprint density at radius 2 is 1.94 bits per heavy atom. The van der Waals surface area contributed by atoms with E-state index in [4.69, 9.17) is 14.2 Å². The van der Waals surface area contributed by atoms with Crippen LogP contribution in [0.5, 0.6) is 5.88 Å². The van der Waals surface area contributed by atoms with Gasteiger partial charge in [0.05, 0.1) is 24.6 Å². The smallest absolute Gasteiger partial charge is 0.226 e. The molecule has 5 heterocycles. The molecule has 0 radical (unpaired) electrons. The van der Waals surface area contributed by atoms with Gasteiger partial charge in [-0.15, -0.1) is 5.10 Å². The predicted octanol–water partition coefficient (Wildman–Crippen LogP) is 3.06. The van der Waals surface area contributed by atoms with Crippen LogP contribution < -0.4 is 4.74 Å². The third-order valence-electron chi connectivity index (χ3n) is 5.32. The highest BCUT2D eigenvalue weighted by Crippen LogP contribution is 2.22. The minimum Gasteiger partial charge on any atom is -0.481 e. The Labute approximate surface area is 178 Å². The van der Waals surface area contributed by atoms with Gasteiger partial charge in [-0.25, -0.2) is 19.5 Å². The lowest BCUT2D eigenvalue weighted by Crippen LogP contribution is -2.07. The van der Waals surface area contributed by atoms with E-state index in [1.54, 1.807) is 19.4 Å². The zero-order valence-corrected chi connectivity index (χ0v) is 17.5. The first-order chi connectivity index (χ1) is 15.1. The molecule has 0 aliphatic heterocycles. The molecule has 0 spiro atoms. The van der Waals surface area contributed by atoms with Gasteiger partial charge < -0.3 is 9.26 Å². The molecule has 0 saturated carbocycles. The lowest BCUT2D eigenvalue weighted by molar-refractivity contribution is 0.373.